The molecule has 0 aliphatic heterocycles. The first-order valence-electron chi connectivity index (χ1n) is 3.63. The third-order valence-corrected chi connectivity index (χ3v) is 2.46. The topological polar surface area (TPSA) is 20.2 Å². The molecule has 0 aromatic heterocycles. The largest absolute Gasteiger partial charge is 0.506 e. The Morgan fingerprint density at radius 2 is 2.09 bits per heavy atom. The molecule has 1 aromatic carbocycles. The fourth-order valence-electron chi connectivity index (χ4n) is 1.15. The Balaban J connectivity index is 3.29. The van der Waals surface area contributed by atoms with E-state index in [-0.39, 0.29) is 0 Å². The van der Waals surface area contributed by atoms with Crippen molar-refractivity contribution in [3.8, 4) is 5.75 Å². The summed E-state index contributed by atoms with van der Waals surface area (Å²) in [5.74, 6) is 0.382. The molecule has 0 bridgehead atoms. The number of halogens is 1. The molecule has 1 aromatic rings. The van der Waals surface area contributed by atoms with Gasteiger partial charge in [0.05, 0.1) is 4.47 Å². The van der Waals surface area contributed by atoms with Crippen LogP contribution >= 0.6 is 15.9 Å². The number of phenolic OH excluding ortho intramolecular Hbond substituents is 1. The van der Waals surface area contributed by atoms with E-state index in [1.165, 1.54) is 0 Å². The van der Waals surface area contributed by atoms with Crippen LogP contribution in [0.2, 0.25) is 0 Å². The second-order valence-corrected chi connectivity index (χ2v) is 3.40. The third-order valence-electron chi connectivity index (χ3n) is 1.82. The fourth-order valence-corrected chi connectivity index (χ4v) is 1.53. The maximum Gasteiger partial charge on any atom is 0.133 e. The highest BCUT2D eigenvalue weighted by atomic mass is 79.9. The van der Waals surface area contributed by atoms with Gasteiger partial charge in [-0.1, -0.05) is 13.0 Å². The molecule has 0 unspecified atom stereocenters. The molecule has 0 aliphatic carbocycles. The molecule has 11 heavy (non-hydrogen) atoms. The smallest absolute Gasteiger partial charge is 0.133 e. The lowest BCUT2D eigenvalue weighted by molar-refractivity contribution is 0.465. The fraction of sp³-hybridized carbons (Fsp3) is 0.333. The molecule has 60 valence electrons. The lowest BCUT2D eigenvalue weighted by Crippen LogP contribution is -1.87. The first-order valence-corrected chi connectivity index (χ1v) is 4.43. The van der Waals surface area contributed by atoms with E-state index in [1.807, 2.05) is 26.0 Å². The second kappa shape index (κ2) is 3.26. The molecule has 2 heteroatoms. The predicted molar refractivity (Wildman–Crippen MR) is 49.9 cm³/mol. The lowest BCUT2D eigenvalue weighted by Gasteiger charge is -2.06. The summed E-state index contributed by atoms with van der Waals surface area (Å²) < 4.78 is 0.778. The van der Waals surface area contributed by atoms with Crippen LogP contribution in [0.25, 0.3) is 0 Å². The minimum atomic E-state index is 0.382. The van der Waals surface area contributed by atoms with Gasteiger partial charge in [0.15, 0.2) is 0 Å². The van der Waals surface area contributed by atoms with Gasteiger partial charge < -0.3 is 5.11 Å². The Morgan fingerprint density at radius 3 is 2.55 bits per heavy atom. The van der Waals surface area contributed by atoms with Crippen LogP contribution in [0.5, 0.6) is 5.75 Å². The van der Waals surface area contributed by atoms with Gasteiger partial charge >= 0.3 is 0 Å². The molecule has 0 spiro atoms. The van der Waals surface area contributed by atoms with Crippen LogP contribution in [0.1, 0.15) is 18.1 Å². The van der Waals surface area contributed by atoms with Crippen LogP contribution in [-0.4, -0.2) is 5.11 Å². The van der Waals surface area contributed by atoms with Gasteiger partial charge in [-0.15, -0.1) is 0 Å². The number of phenols is 1. The van der Waals surface area contributed by atoms with Crippen LogP contribution in [0.4, 0.5) is 0 Å². The van der Waals surface area contributed by atoms with E-state index >= 15 is 0 Å². The Hall–Kier alpha value is -0.500. The molecule has 0 saturated heterocycles. The molecule has 1 N–H and O–H groups in total. The zero-order valence-electron chi connectivity index (χ0n) is 6.69. The van der Waals surface area contributed by atoms with E-state index < -0.39 is 0 Å². The number of hydrogen-bond acceptors (Lipinski definition) is 1. The van der Waals surface area contributed by atoms with Gasteiger partial charge in [0.2, 0.25) is 0 Å². The minimum Gasteiger partial charge on any atom is -0.506 e. The summed E-state index contributed by atoms with van der Waals surface area (Å²) in [5.41, 5.74) is 2.17. The van der Waals surface area contributed by atoms with Crippen molar-refractivity contribution in [2.45, 2.75) is 20.3 Å². The Bertz CT molecular complexity index is 269. The van der Waals surface area contributed by atoms with Crippen molar-refractivity contribution in [3.63, 3.8) is 0 Å². The first-order chi connectivity index (χ1) is 5.16. The molecule has 0 atom stereocenters. The Kier molecular flexibility index (Phi) is 2.55. The van der Waals surface area contributed by atoms with E-state index in [0.29, 0.717) is 5.75 Å². The summed E-state index contributed by atoms with van der Waals surface area (Å²) in [6.45, 7) is 4.04. The second-order valence-electron chi connectivity index (χ2n) is 2.54. The van der Waals surface area contributed by atoms with Gasteiger partial charge in [0, 0.05) is 0 Å². The summed E-state index contributed by atoms with van der Waals surface area (Å²) in [7, 11) is 0. The van der Waals surface area contributed by atoms with Crippen molar-refractivity contribution in [2.75, 3.05) is 0 Å². The van der Waals surface area contributed by atoms with Crippen molar-refractivity contribution >= 4 is 15.9 Å². The summed E-state index contributed by atoms with van der Waals surface area (Å²) in [6.07, 6.45) is 0.872. The maximum absolute atomic E-state index is 9.53. The number of aryl methyl sites for hydroxylation is 1. The molecule has 1 nitrogen and oxygen atoms in total. The average Bonchev–Trinajstić information content (AvgIpc) is 1.99. The van der Waals surface area contributed by atoms with E-state index in [2.05, 4.69) is 15.9 Å². The van der Waals surface area contributed by atoms with Crippen LogP contribution in [0.15, 0.2) is 16.6 Å². The SMILES string of the molecule is CCc1c(C)ccc(Br)c1O. The van der Waals surface area contributed by atoms with Gasteiger partial charge in [-0.3, -0.25) is 0 Å². The number of hydrogen-bond donors (Lipinski definition) is 1. The van der Waals surface area contributed by atoms with E-state index in [0.717, 1.165) is 22.0 Å². The molecule has 0 saturated carbocycles. The summed E-state index contributed by atoms with van der Waals surface area (Å²) in [4.78, 5) is 0. The maximum atomic E-state index is 9.53. The van der Waals surface area contributed by atoms with E-state index in [9.17, 15) is 5.11 Å². The zero-order chi connectivity index (χ0) is 8.43. The number of aromatic hydroxyl groups is 1. The Morgan fingerprint density at radius 1 is 1.45 bits per heavy atom. The minimum absolute atomic E-state index is 0.382. The van der Waals surface area contributed by atoms with Gasteiger partial charge in [0.25, 0.3) is 0 Å². The summed E-state index contributed by atoms with van der Waals surface area (Å²) in [6, 6.07) is 3.87. The summed E-state index contributed by atoms with van der Waals surface area (Å²) in [5, 5.41) is 9.53. The molecular weight excluding hydrogens is 204 g/mol. The van der Waals surface area contributed by atoms with Crippen molar-refractivity contribution in [3.05, 3.63) is 27.7 Å². The van der Waals surface area contributed by atoms with Gasteiger partial charge in [-0.2, -0.15) is 0 Å². The van der Waals surface area contributed by atoms with Crippen molar-refractivity contribution in [1.82, 2.24) is 0 Å². The highest BCUT2D eigenvalue weighted by molar-refractivity contribution is 9.10. The standard InChI is InChI=1S/C9H11BrO/c1-3-7-6(2)4-5-8(10)9(7)11/h4-5,11H,3H2,1-2H3. The zero-order valence-corrected chi connectivity index (χ0v) is 8.27. The molecule has 0 heterocycles. The van der Waals surface area contributed by atoms with Crippen molar-refractivity contribution in [2.24, 2.45) is 0 Å². The molecule has 0 amide bonds. The molecule has 0 radical (unpaired) electrons. The van der Waals surface area contributed by atoms with Crippen LogP contribution in [0.3, 0.4) is 0 Å². The van der Waals surface area contributed by atoms with Crippen molar-refractivity contribution in [1.29, 1.82) is 0 Å². The van der Waals surface area contributed by atoms with Gasteiger partial charge in [0.1, 0.15) is 5.75 Å². The highest BCUT2D eigenvalue weighted by Crippen LogP contribution is 2.30. The molecule has 0 aliphatic rings. The normalized spacial score (nSPS) is 10.1. The average molecular weight is 215 g/mol. The quantitative estimate of drug-likeness (QED) is 0.763. The van der Waals surface area contributed by atoms with Crippen molar-refractivity contribution < 1.29 is 5.11 Å². The predicted octanol–water partition coefficient (Wildman–Crippen LogP) is 3.03. The van der Waals surface area contributed by atoms with E-state index in [1.54, 1.807) is 0 Å². The van der Waals surface area contributed by atoms with Gasteiger partial charge in [-0.25, -0.2) is 0 Å². The lowest BCUT2D eigenvalue weighted by atomic mass is 10.1. The number of benzene rings is 1. The molecular formula is C9H11BrO. The monoisotopic (exact) mass is 214 g/mol. The Labute approximate surface area is 75.2 Å². The third kappa shape index (κ3) is 1.56. The van der Waals surface area contributed by atoms with Crippen LogP contribution in [0, 0.1) is 6.92 Å². The first kappa shape index (κ1) is 8.60. The van der Waals surface area contributed by atoms with Crippen LogP contribution in [-0.2, 0) is 6.42 Å². The number of rotatable bonds is 1. The summed E-state index contributed by atoms with van der Waals surface area (Å²) >= 11 is 3.27. The molecule has 0 fully saturated rings. The molecule has 1 rings (SSSR count). The van der Waals surface area contributed by atoms with Crippen LogP contribution < -0.4 is 0 Å². The van der Waals surface area contributed by atoms with E-state index in [4.69, 9.17) is 0 Å². The van der Waals surface area contributed by atoms with Gasteiger partial charge in [-0.05, 0) is 46.5 Å². The highest BCUT2D eigenvalue weighted by Gasteiger charge is 2.05.